The standard InChI is InChI=1S/C17H22BrN7O/c1-23-12-8-10(18)11(9-13(12)24(2)16(23)26)25-15(20)21-14(19)22-17(25)6-4-3-5-7-17/h8-9H,3-7H2,1-2H3,(H4,19,20,21,22). The molecule has 8 nitrogen and oxygen atoms in total. The van der Waals surface area contributed by atoms with Crippen molar-refractivity contribution in [1.29, 1.82) is 0 Å². The Morgan fingerprint density at radius 2 is 1.69 bits per heavy atom. The molecule has 2 aromatic rings. The van der Waals surface area contributed by atoms with Crippen LogP contribution in [-0.4, -0.2) is 26.7 Å². The molecule has 1 aliphatic carbocycles. The molecule has 26 heavy (non-hydrogen) atoms. The Kier molecular flexibility index (Phi) is 3.87. The maximum Gasteiger partial charge on any atom is 0.328 e. The maximum absolute atomic E-state index is 12.3. The summed E-state index contributed by atoms with van der Waals surface area (Å²) >= 11 is 3.66. The van der Waals surface area contributed by atoms with Gasteiger partial charge in [-0.15, -0.1) is 0 Å². The van der Waals surface area contributed by atoms with Crippen LogP contribution >= 0.6 is 15.9 Å². The van der Waals surface area contributed by atoms with E-state index in [9.17, 15) is 4.79 Å². The lowest BCUT2D eigenvalue weighted by atomic mass is 9.87. The molecule has 4 N–H and O–H groups in total. The van der Waals surface area contributed by atoms with Gasteiger partial charge in [0.25, 0.3) is 0 Å². The third-order valence-corrected chi connectivity index (χ3v) is 6.07. The Labute approximate surface area is 159 Å². The molecule has 1 fully saturated rings. The zero-order valence-electron chi connectivity index (χ0n) is 14.9. The first kappa shape index (κ1) is 17.1. The van der Waals surface area contributed by atoms with Gasteiger partial charge in [-0.25, -0.2) is 9.79 Å². The van der Waals surface area contributed by atoms with E-state index in [1.807, 2.05) is 17.0 Å². The van der Waals surface area contributed by atoms with Crippen LogP contribution in [0.5, 0.6) is 0 Å². The molecular weight excluding hydrogens is 398 g/mol. The van der Waals surface area contributed by atoms with Gasteiger partial charge in [0.15, 0.2) is 0 Å². The first-order valence-electron chi connectivity index (χ1n) is 8.69. The highest BCUT2D eigenvalue weighted by Crippen LogP contribution is 2.42. The molecule has 2 aliphatic rings. The smallest absolute Gasteiger partial charge is 0.328 e. The summed E-state index contributed by atoms with van der Waals surface area (Å²) in [5, 5.41) is 0. The van der Waals surface area contributed by atoms with E-state index in [1.54, 1.807) is 23.2 Å². The number of imidazole rings is 1. The summed E-state index contributed by atoms with van der Waals surface area (Å²) in [6, 6.07) is 3.91. The van der Waals surface area contributed by atoms with Crippen molar-refractivity contribution in [2.75, 3.05) is 4.90 Å². The highest BCUT2D eigenvalue weighted by molar-refractivity contribution is 9.10. The minimum atomic E-state index is -0.516. The number of aliphatic imine (C=N–C) groups is 2. The van der Waals surface area contributed by atoms with Crippen LogP contribution in [0.1, 0.15) is 32.1 Å². The van der Waals surface area contributed by atoms with Crippen LogP contribution in [0.2, 0.25) is 0 Å². The Morgan fingerprint density at radius 1 is 1.08 bits per heavy atom. The number of aromatic nitrogens is 2. The molecule has 4 rings (SSSR count). The summed E-state index contributed by atoms with van der Waals surface area (Å²) < 4.78 is 4.10. The van der Waals surface area contributed by atoms with Gasteiger partial charge < -0.3 is 11.5 Å². The molecule has 1 aromatic carbocycles. The largest absolute Gasteiger partial charge is 0.369 e. The van der Waals surface area contributed by atoms with Gasteiger partial charge in [0.05, 0.1) is 16.7 Å². The van der Waals surface area contributed by atoms with Gasteiger partial charge in [-0.3, -0.25) is 14.0 Å². The second-order valence-electron chi connectivity index (χ2n) is 7.01. The maximum atomic E-state index is 12.3. The van der Waals surface area contributed by atoms with Gasteiger partial charge in [0.1, 0.15) is 5.66 Å². The van der Waals surface area contributed by atoms with Gasteiger partial charge in [0, 0.05) is 18.6 Å². The first-order valence-corrected chi connectivity index (χ1v) is 9.48. The lowest BCUT2D eigenvalue weighted by molar-refractivity contribution is 0.305. The molecule has 138 valence electrons. The Morgan fingerprint density at radius 3 is 2.35 bits per heavy atom. The fourth-order valence-corrected chi connectivity index (χ4v) is 4.66. The number of benzene rings is 1. The normalized spacial score (nSPS) is 19.7. The van der Waals surface area contributed by atoms with Crippen molar-refractivity contribution in [2.45, 2.75) is 37.8 Å². The summed E-state index contributed by atoms with van der Waals surface area (Å²) in [4.78, 5) is 23.2. The molecular formula is C17H22BrN7O. The minimum absolute atomic E-state index is 0.0704. The third kappa shape index (κ3) is 2.37. The van der Waals surface area contributed by atoms with E-state index in [-0.39, 0.29) is 11.6 Å². The van der Waals surface area contributed by atoms with Crippen molar-refractivity contribution in [3.63, 3.8) is 0 Å². The molecule has 0 bridgehead atoms. The molecule has 0 amide bonds. The Balaban J connectivity index is 1.95. The molecule has 1 saturated carbocycles. The number of nitrogens with two attached hydrogens (primary N) is 2. The third-order valence-electron chi connectivity index (χ3n) is 5.43. The van der Waals surface area contributed by atoms with Crippen LogP contribution in [-0.2, 0) is 14.1 Å². The number of nitrogens with zero attached hydrogens (tertiary/aromatic N) is 5. The highest BCUT2D eigenvalue weighted by atomic mass is 79.9. The molecule has 1 spiro atoms. The fraction of sp³-hybridized carbons (Fsp3) is 0.471. The molecule has 0 atom stereocenters. The SMILES string of the molecule is Cn1c(=O)n(C)c2cc(N3C(N)=NC(N)=NC34CCCCC4)c(Br)cc21. The summed E-state index contributed by atoms with van der Waals surface area (Å²) in [7, 11) is 3.53. The molecule has 9 heteroatoms. The predicted octanol–water partition coefficient (Wildman–Crippen LogP) is 1.75. The van der Waals surface area contributed by atoms with Crippen molar-refractivity contribution < 1.29 is 0 Å². The lowest BCUT2D eigenvalue weighted by Crippen LogP contribution is -2.58. The second-order valence-corrected chi connectivity index (χ2v) is 7.87. The molecule has 0 radical (unpaired) electrons. The molecule has 0 saturated heterocycles. The number of halogens is 1. The van der Waals surface area contributed by atoms with Crippen LogP contribution in [0.15, 0.2) is 31.4 Å². The Bertz CT molecular complexity index is 1010. The predicted molar refractivity (Wildman–Crippen MR) is 107 cm³/mol. The van der Waals surface area contributed by atoms with Crippen LogP contribution in [0.3, 0.4) is 0 Å². The number of guanidine groups is 2. The van der Waals surface area contributed by atoms with Gasteiger partial charge in [0.2, 0.25) is 11.9 Å². The summed E-state index contributed by atoms with van der Waals surface area (Å²) in [6.07, 6.45) is 5.02. The second kappa shape index (κ2) is 5.87. The van der Waals surface area contributed by atoms with Crippen LogP contribution in [0, 0.1) is 0 Å². The number of aryl methyl sites for hydroxylation is 2. The average molecular weight is 420 g/mol. The van der Waals surface area contributed by atoms with Crippen LogP contribution in [0.25, 0.3) is 11.0 Å². The number of anilines is 1. The average Bonchev–Trinajstić information content (AvgIpc) is 2.79. The summed E-state index contributed by atoms with van der Waals surface area (Å²) in [6.45, 7) is 0. The van der Waals surface area contributed by atoms with E-state index in [0.717, 1.165) is 46.9 Å². The van der Waals surface area contributed by atoms with Crippen molar-refractivity contribution in [3.05, 3.63) is 27.1 Å². The zero-order chi connectivity index (χ0) is 18.6. The molecule has 1 aliphatic heterocycles. The Hall–Kier alpha value is -2.29. The summed E-state index contributed by atoms with van der Waals surface area (Å²) in [5.41, 5.74) is 14.2. The van der Waals surface area contributed by atoms with Crippen molar-refractivity contribution >= 4 is 44.6 Å². The number of fused-ring (bicyclic) bond motifs is 1. The van der Waals surface area contributed by atoms with E-state index in [1.165, 1.54) is 6.42 Å². The molecule has 1 aromatic heterocycles. The van der Waals surface area contributed by atoms with Gasteiger partial charge in [-0.2, -0.15) is 4.99 Å². The molecule has 0 unspecified atom stereocenters. The van der Waals surface area contributed by atoms with E-state index in [2.05, 4.69) is 20.9 Å². The highest BCUT2D eigenvalue weighted by Gasteiger charge is 2.43. The van der Waals surface area contributed by atoms with Crippen molar-refractivity contribution in [1.82, 2.24) is 9.13 Å². The number of rotatable bonds is 1. The van der Waals surface area contributed by atoms with Crippen LogP contribution < -0.4 is 22.1 Å². The van der Waals surface area contributed by atoms with Crippen LogP contribution in [0.4, 0.5) is 5.69 Å². The van der Waals surface area contributed by atoms with E-state index in [0.29, 0.717) is 5.96 Å². The van der Waals surface area contributed by atoms with Crippen molar-refractivity contribution in [2.24, 2.45) is 35.5 Å². The van der Waals surface area contributed by atoms with E-state index < -0.39 is 5.66 Å². The number of hydrogen-bond donors (Lipinski definition) is 2. The van der Waals surface area contributed by atoms with Gasteiger partial charge in [-0.1, -0.05) is 6.42 Å². The van der Waals surface area contributed by atoms with E-state index >= 15 is 0 Å². The number of hydrogen-bond acceptors (Lipinski definition) is 6. The zero-order valence-corrected chi connectivity index (χ0v) is 16.5. The van der Waals surface area contributed by atoms with Gasteiger partial charge in [-0.05, 0) is 53.7 Å². The quantitative estimate of drug-likeness (QED) is 0.733. The lowest BCUT2D eigenvalue weighted by Gasteiger charge is -2.45. The monoisotopic (exact) mass is 419 g/mol. The fourth-order valence-electron chi connectivity index (χ4n) is 4.15. The topological polar surface area (TPSA) is 107 Å². The first-order chi connectivity index (χ1) is 12.3. The van der Waals surface area contributed by atoms with Gasteiger partial charge >= 0.3 is 5.69 Å². The molecule has 2 heterocycles. The van der Waals surface area contributed by atoms with E-state index in [4.69, 9.17) is 16.5 Å². The minimum Gasteiger partial charge on any atom is -0.369 e. The van der Waals surface area contributed by atoms with Crippen molar-refractivity contribution in [3.8, 4) is 0 Å². The summed E-state index contributed by atoms with van der Waals surface area (Å²) in [5.74, 6) is 0.561.